The largest absolute Gasteiger partial charge is 0.486 e. The Labute approximate surface area is 118 Å². The average Bonchev–Trinajstić information content (AvgIpc) is 2.80. The molecule has 108 valence electrons. The number of aliphatic hydroxyl groups is 1. The summed E-state index contributed by atoms with van der Waals surface area (Å²) in [6.45, 7) is 4.00. The van der Waals surface area contributed by atoms with Gasteiger partial charge in [-0.2, -0.15) is 0 Å². The number of aryl methyl sites for hydroxylation is 1. The van der Waals surface area contributed by atoms with Gasteiger partial charge in [0, 0.05) is 25.1 Å². The van der Waals surface area contributed by atoms with Gasteiger partial charge < -0.3 is 19.1 Å². The first kappa shape index (κ1) is 13.2. The van der Waals surface area contributed by atoms with E-state index in [4.69, 9.17) is 14.5 Å². The second-order valence-electron chi connectivity index (χ2n) is 4.99. The number of ether oxygens (including phenoxy) is 2. The number of rotatable bonds is 5. The van der Waals surface area contributed by atoms with Crippen LogP contribution in [0.2, 0.25) is 0 Å². The molecule has 0 fully saturated rings. The topological polar surface area (TPSA) is 56.5 Å². The molecule has 1 aliphatic rings. The molecule has 1 N–H and O–H groups in total. The van der Waals surface area contributed by atoms with Crippen molar-refractivity contribution in [3.8, 4) is 11.5 Å². The maximum atomic E-state index is 9.28. The predicted octanol–water partition coefficient (Wildman–Crippen LogP) is 2.14. The van der Waals surface area contributed by atoms with E-state index in [9.17, 15) is 5.11 Å². The van der Waals surface area contributed by atoms with Crippen molar-refractivity contribution < 1.29 is 14.6 Å². The Morgan fingerprint density at radius 1 is 1.25 bits per heavy atom. The molecule has 0 spiro atoms. The third-order valence-corrected chi connectivity index (χ3v) is 3.57. The zero-order valence-corrected chi connectivity index (χ0v) is 11.8. The van der Waals surface area contributed by atoms with Crippen molar-refractivity contribution in [1.82, 2.24) is 9.55 Å². The quantitative estimate of drug-likeness (QED) is 0.909. The van der Waals surface area contributed by atoms with Gasteiger partial charge in [-0.05, 0) is 6.42 Å². The molecule has 5 nitrogen and oxygen atoms in total. The van der Waals surface area contributed by atoms with Crippen LogP contribution in [-0.4, -0.2) is 34.5 Å². The summed E-state index contributed by atoms with van der Waals surface area (Å²) in [4.78, 5) is 4.69. The number of aromatic nitrogens is 2. The molecule has 0 saturated carbocycles. The van der Waals surface area contributed by atoms with Gasteiger partial charge in [0.1, 0.15) is 19.0 Å². The van der Waals surface area contributed by atoms with Gasteiger partial charge in [-0.15, -0.1) is 0 Å². The molecule has 1 aromatic carbocycles. The Hall–Kier alpha value is -1.75. The fraction of sp³-hybridized carbons (Fsp3) is 0.533. The Kier molecular flexibility index (Phi) is 3.78. The minimum atomic E-state index is 0.110. The van der Waals surface area contributed by atoms with Crippen LogP contribution in [0.1, 0.15) is 25.6 Å². The Balaban J connectivity index is 2.07. The summed E-state index contributed by atoms with van der Waals surface area (Å²) in [5.74, 6) is 2.56. The van der Waals surface area contributed by atoms with E-state index in [1.807, 2.05) is 12.1 Å². The van der Waals surface area contributed by atoms with Crippen molar-refractivity contribution in [2.75, 3.05) is 19.8 Å². The number of imidazole rings is 1. The third kappa shape index (κ3) is 2.33. The highest BCUT2D eigenvalue weighted by atomic mass is 16.6. The van der Waals surface area contributed by atoms with E-state index in [2.05, 4.69) is 11.5 Å². The molecular weight excluding hydrogens is 256 g/mol. The maximum Gasteiger partial charge on any atom is 0.163 e. The summed E-state index contributed by atoms with van der Waals surface area (Å²) < 4.78 is 13.3. The van der Waals surface area contributed by atoms with Crippen LogP contribution in [0.15, 0.2) is 12.1 Å². The van der Waals surface area contributed by atoms with Crippen molar-refractivity contribution in [1.29, 1.82) is 0 Å². The molecule has 2 heterocycles. The number of hydrogen-bond donors (Lipinski definition) is 1. The average molecular weight is 276 g/mol. The number of fused-ring (bicyclic) bond motifs is 2. The monoisotopic (exact) mass is 276 g/mol. The third-order valence-electron chi connectivity index (χ3n) is 3.57. The molecule has 5 heteroatoms. The lowest BCUT2D eigenvalue weighted by atomic mass is 10.2. The molecule has 0 aliphatic carbocycles. The highest BCUT2D eigenvalue weighted by Crippen LogP contribution is 2.34. The summed E-state index contributed by atoms with van der Waals surface area (Å²) in [5.41, 5.74) is 1.92. The van der Waals surface area contributed by atoms with Gasteiger partial charge in [-0.25, -0.2) is 4.98 Å². The lowest BCUT2D eigenvalue weighted by Gasteiger charge is -2.18. The van der Waals surface area contributed by atoms with Gasteiger partial charge in [0.2, 0.25) is 0 Å². The first-order valence-corrected chi connectivity index (χ1v) is 7.23. The smallest absolute Gasteiger partial charge is 0.163 e. The molecule has 0 unspecified atom stereocenters. The van der Waals surface area contributed by atoms with Gasteiger partial charge in [-0.3, -0.25) is 0 Å². The number of hydrogen-bond acceptors (Lipinski definition) is 4. The Morgan fingerprint density at radius 2 is 2.00 bits per heavy atom. The van der Waals surface area contributed by atoms with E-state index in [0.717, 1.165) is 47.6 Å². The van der Waals surface area contributed by atoms with Crippen molar-refractivity contribution in [3.05, 3.63) is 18.0 Å². The Morgan fingerprint density at radius 3 is 2.70 bits per heavy atom. The van der Waals surface area contributed by atoms with Crippen molar-refractivity contribution in [2.45, 2.75) is 32.7 Å². The van der Waals surface area contributed by atoms with Gasteiger partial charge in [-0.1, -0.05) is 13.3 Å². The van der Waals surface area contributed by atoms with Crippen LogP contribution in [0.25, 0.3) is 11.0 Å². The van der Waals surface area contributed by atoms with E-state index in [-0.39, 0.29) is 6.61 Å². The first-order chi connectivity index (χ1) is 9.83. The van der Waals surface area contributed by atoms with Crippen molar-refractivity contribution >= 4 is 11.0 Å². The van der Waals surface area contributed by atoms with Gasteiger partial charge >= 0.3 is 0 Å². The number of nitrogens with zero attached hydrogens (tertiary/aromatic N) is 2. The molecule has 1 aliphatic heterocycles. The first-order valence-electron chi connectivity index (χ1n) is 7.23. The molecular formula is C15H20N2O3. The summed E-state index contributed by atoms with van der Waals surface area (Å²) >= 11 is 0. The number of benzene rings is 1. The van der Waals surface area contributed by atoms with Crippen LogP contribution in [-0.2, 0) is 13.0 Å². The standard InChI is InChI=1S/C15H20N2O3/c1-2-3-4-15-16-11-9-13-14(20-8-7-19-13)10-12(11)17(15)5-6-18/h9-10,18H,2-8H2,1H3. The molecule has 0 amide bonds. The van der Waals surface area contributed by atoms with Crippen LogP contribution in [0, 0.1) is 0 Å². The van der Waals surface area contributed by atoms with Crippen molar-refractivity contribution in [2.24, 2.45) is 0 Å². The van der Waals surface area contributed by atoms with E-state index in [1.54, 1.807) is 0 Å². The van der Waals surface area contributed by atoms with E-state index < -0.39 is 0 Å². The van der Waals surface area contributed by atoms with Crippen LogP contribution in [0.4, 0.5) is 0 Å². The molecule has 0 radical (unpaired) electrons. The van der Waals surface area contributed by atoms with E-state index in [1.165, 1.54) is 0 Å². The van der Waals surface area contributed by atoms with Crippen LogP contribution >= 0.6 is 0 Å². The van der Waals surface area contributed by atoms with E-state index in [0.29, 0.717) is 19.8 Å². The number of unbranched alkanes of at least 4 members (excludes halogenated alkanes) is 1. The lowest BCUT2D eigenvalue weighted by Crippen LogP contribution is -2.15. The van der Waals surface area contributed by atoms with Crippen LogP contribution < -0.4 is 9.47 Å². The SMILES string of the molecule is CCCCc1nc2cc3c(cc2n1CCO)OCCO3. The second-order valence-corrected chi connectivity index (χ2v) is 4.99. The molecule has 0 bridgehead atoms. The molecule has 3 rings (SSSR count). The Bertz CT molecular complexity index is 607. The lowest BCUT2D eigenvalue weighted by molar-refractivity contribution is 0.172. The molecule has 2 aromatic rings. The molecule has 0 saturated heterocycles. The minimum absolute atomic E-state index is 0.110. The molecule has 0 atom stereocenters. The predicted molar refractivity (Wildman–Crippen MR) is 76.4 cm³/mol. The summed E-state index contributed by atoms with van der Waals surface area (Å²) in [7, 11) is 0. The maximum absolute atomic E-state index is 9.28. The summed E-state index contributed by atoms with van der Waals surface area (Å²) in [6, 6.07) is 3.91. The fourth-order valence-corrected chi connectivity index (χ4v) is 2.59. The zero-order valence-electron chi connectivity index (χ0n) is 11.8. The second kappa shape index (κ2) is 5.71. The molecule has 1 aromatic heterocycles. The zero-order chi connectivity index (χ0) is 13.9. The minimum Gasteiger partial charge on any atom is -0.486 e. The summed E-state index contributed by atoms with van der Waals surface area (Å²) in [5, 5.41) is 9.28. The number of aliphatic hydroxyl groups excluding tert-OH is 1. The van der Waals surface area contributed by atoms with Gasteiger partial charge in [0.25, 0.3) is 0 Å². The molecule has 20 heavy (non-hydrogen) atoms. The fourth-order valence-electron chi connectivity index (χ4n) is 2.59. The highest BCUT2D eigenvalue weighted by Gasteiger charge is 2.17. The summed E-state index contributed by atoms with van der Waals surface area (Å²) in [6.07, 6.45) is 3.16. The van der Waals surface area contributed by atoms with Gasteiger partial charge in [0.15, 0.2) is 11.5 Å². The normalized spacial score (nSPS) is 13.9. The van der Waals surface area contributed by atoms with Gasteiger partial charge in [0.05, 0.1) is 17.6 Å². The van der Waals surface area contributed by atoms with Crippen LogP contribution in [0.5, 0.6) is 11.5 Å². The van der Waals surface area contributed by atoms with Crippen molar-refractivity contribution in [3.63, 3.8) is 0 Å². The highest BCUT2D eigenvalue weighted by molar-refractivity contribution is 5.80. The van der Waals surface area contributed by atoms with E-state index >= 15 is 0 Å². The van der Waals surface area contributed by atoms with Crippen LogP contribution in [0.3, 0.4) is 0 Å².